The molecule has 1 saturated heterocycles. The van der Waals surface area contributed by atoms with Crippen LogP contribution in [0.2, 0.25) is 0 Å². The molecule has 2 aromatic rings. The molecule has 1 aromatic carbocycles. The number of aromatic nitrogens is 1. The first-order valence-corrected chi connectivity index (χ1v) is 10.4. The van der Waals surface area contributed by atoms with Crippen molar-refractivity contribution in [2.45, 2.75) is 53.4 Å². The molecule has 2 heterocycles. The fourth-order valence-corrected chi connectivity index (χ4v) is 3.84. The summed E-state index contributed by atoms with van der Waals surface area (Å²) in [5.74, 6) is 0.277. The molecule has 1 aliphatic heterocycles. The van der Waals surface area contributed by atoms with Crippen LogP contribution in [0, 0.1) is 26.7 Å². The minimum atomic E-state index is -0.128. The number of nitrogens with zero attached hydrogens (tertiary/aromatic N) is 2. The lowest BCUT2D eigenvalue weighted by Crippen LogP contribution is -2.40. The summed E-state index contributed by atoms with van der Waals surface area (Å²) >= 11 is 0. The van der Waals surface area contributed by atoms with Crippen LogP contribution in [0.5, 0.6) is 0 Å². The van der Waals surface area contributed by atoms with E-state index in [1.165, 1.54) is 5.56 Å². The number of piperidine rings is 1. The summed E-state index contributed by atoms with van der Waals surface area (Å²) in [6.07, 6.45) is 1.66. The molecule has 1 N–H and O–H groups in total. The molecule has 0 unspecified atom stereocenters. The SMILES string of the molecule is Cc1ccc(C(=O)Nc2ccc(C)c(C)c2)c(C2CCN(C(=O)C(C)C)CC2)n1. The first-order valence-electron chi connectivity index (χ1n) is 10.4. The maximum Gasteiger partial charge on any atom is 0.257 e. The fraction of sp³-hybridized carbons (Fsp3) is 0.458. The highest BCUT2D eigenvalue weighted by Gasteiger charge is 2.28. The molecule has 0 bridgehead atoms. The fourth-order valence-electron chi connectivity index (χ4n) is 3.84. The first-order chi connectivity index (χ1) is 13.8. The molecule has 3 rings (SSSR count). The van der Waals surface area contributed by atoms with Crippen LogP contribution in [0.25, 0.3) is 0 Å². The number of hydrogen-bond acceptors (Lipinski definition) is 3. The van der Waals surface area contributed by atoms with Crippen LogP contribution in [0.15, 0.2) is 30.3 Å². The number of likely N-dealkylation sites (tertiary alicyclic amines) is 1. The molecular formula is C24H31N3O2. The summed E-state index contributed by atoms with van der Waals surface area (Å²) < 4.78 is 0. The highest BCUT2D eigenvalue weighted by atomic mass is 16.2. The van der Waals surface area contributed by atoms with Crippen LogP contribution < -0.4 is 5.32 Å². The van der Waals surface area contributed by atoms with Gasteiger partial charge in [-0.25, -0.2) is 0 Å². The summed E-state index contributed by atoms with van der Waals surface area (Å²) in [4.78, 5) is 32.0. The molecule has 1 fully saturated rings. The molecule has 0 radical (unpaired) electrons. The Labute approximate surface area is 173 Å². The number of aryl methyl sites for hydroxylation is 3. The van der Waals surface area contributed by atoms with E-state index in [9.17, 15) is 9.59 Å². The molecule has 0 atom stereocenters. The normalized spacial score (nSPS) is 14.9. The van der Waals surface area contributed by atoms with Gasteiger partial charge in [0.15, 0.2) is 0 Å². The summed E-state index contributed by atoms with van der Waals surface area (Å²) in [6, 6.07) is 9.69. The predicted molar refractivity (Wildman–Crippen MR) is 116 cm³/mol. The zero-order valence-electron chi connectivity index (χ0n) is 18.1. The van der Waals surface area contributed by atoms with E-state index in [1.807, 2.05) is 62.9 Å². The Morgan fingerprint density at radius 3 is 2.34 bits per heavy atom. The van der Waals surface area contributed by atoms with Gasteiger partial charge in [0.1, 0.15) is 0 Å². The number of anilines is 1. The van der Waals surface area contributed by atoms with Gasteiger partial charge in [-0.2, -0.15) is 0 Å². The Kier molecular flexibility index (Phi) is 6.36. The number of carbonyl (C=O) groups is 2. The minimum Gasteiger partial charge on any atom is -0.342 e. The van der Waals surface area contributed by atoms with Gasteiger partial charge in [-0.15, -0.1) is 0 Å². The molecule has 0 spiro atoms. The van der Waals surface area contributed by atoms with Crippen LogP contribution in [0.3, 0.4) is 0 Å². The van der Waals surface area contributed by atoms with Crippen LogP contribution >= 0.6 is 0 Å². The maximum absolute atomic E-state index is 13.0. The third-order valence-corrected chi connectivity index (χ3v) is 5.76. The van der Waals surface area contributed by atoms with Gasteiger partial charge >= 0.3 is 0 Å². The van der Waals surface area contributed by atoms with Gasteiger partial charge in [-0.05, 0) is 69.0 Å². The molecule has 0 aliphatic carbocycles. The molecule has 2 amide bonds. The molecular weight excluding hydrogens is 362 g/mol. The van der Waals surface area contributed by atoms with Crippen LogP contribution in [-0.4, -0.2) is 34.8 Å². The van der Waals surface area contributed by atoms with E-state index < -0.39 is 0 Å². The third-order valence-electron chi connectivity index (χ3n) is 5.76. The highest BCUT2D eigenvalue weighted by molar-refractivity contribution is 6.05. The predicted octanol–water partition coefficient (Wildman–Crippen LogP) is 4.62. The average molecular weight is 394 g/mol. The second-order valence-electron chi connectivity index (χ2n) is 8.39. The zero-order chi connectivity index (χ0) is 21.1. The topological polar surface area (TPSA) is 62.3 Å². The van der Waals surface area contributed by atoms with Crippen molar-refractivity contribution in [2.75, 3.05) is 18.4 Å². The van der Waals surface area contributed by atoms with Crippen molar-refractivity contribution in [3.05, 3.63) is 58.4 Å². The number of carbonyl (C=O) groups excluding carboxylic acids is 2. The summed E-state index contributed by atoms with van der Waals surface area (Å²) in [6.45, 7) is 11.4. The largest absolute Gasteiger partial charge is 0.342 e. The Hall–Kier alpha value is -2.69. The Morgan fingerprint density at radius 1 is 1.03 bits per heavy atom. The molecule has 29 heavy (non-hydrogen) atoms. The third kappa shape index (κ3) is 4.84. The van der Waals surface area contributed by atoms with E-state index in [-0.39, 0.29) is 23.7 Å². The van der Waals surface area contributed by atoms with Crippen molar-refractivity contribution in [2.24, 2.45) is 5.92 Å². The van der Waals surface area contributed by atoms with E-state index >= 15 is 0 Å². The lowest BCUT2D eigenvalue weighted by atomic mass is 9.89. The number of amides is 2. The van der Waals surface area contributed by atoms with E-state index in [0.29, 0.717) is 5.56 Å². The van der Waals surface area contributed by atoms with Crippen molar-refractivity contribution < 1.29 is 9.59 Å². The Bertz CT molecular complexity index is 912. The first kappa shape index (κ1) is 21.0. The van der Waals surface area contributed by atoms with E-state index in [4.69, 9.17) is 4.98 Å². The van der Waals surface area contributed by atoms with Crippen molar-refractivity contribution in [3.8, 4) is 0 Å². The van der Waals surface area contributed by atoms with Gasteiger partial charge in [-0.3, -0.25) is 14.6 Å². The summed E-state index contributed by atoms with van der Waals surface area (Å²) in [5.41, 5.74) is 5.52. The summed E-state index contributed by atoms with van der Waals surface area (Å²) in [7, 11) is 0. The number of benzene rings is 1. The Balaban J connectivity index is 1.78. The second kappa shape index (κ2) is 8.76. The molecule has 1 aliphatic rings. The van der Waals surface area contributed by atoms with Gasteiger partial charge < -0.3 is 10.2 Å². The van der Waals surface area contributed by atoms with Gasteiger partial charge in [0.2, 0.25) is 5.91 Å². The Morgan fingerprint density at radius 2 is 1.72 bits per heavy atom. The van der Waals surface area contributed by atoms with Gasteiger partial charge in [-0.1, -0.05) is 19.9 Å². The maximum atomic E-state index is 13.0. The molecule has 1 aromatic heterocycles. The average Bonchev–Trinajstić information content (AvgIpc) is 2.70. The van der Waals surface area contributed by atoms with Gasteiger partial charge in [0.05, 0.1) is 11.3 Å². The molecule has 0 saturated carbocycles. The quantitative estimate of drug-likeness (QED) is 0.824. The van der Waals surface area contributed by atoms with E-state index in [0.717, 1.165) is 48.6 Å². The van der Waals surface area contributed by atoms with Crippen molar-refractivity contribution in [3.63, 3.8) is 0 Å². The van der Waals surface area contributed by atoms with Crippen molar-refractivity contribution >= 4 is 17.5 Å². The number of pyridine rings is 1. The van der Waals surface area contributed by atoms with E-state index in [2.05, 4.69) is 12.2 Å². The van der Waals surface area contributed by atoms with E-state index in [1.54, 1.807) is 0 Å². The zero-order valence-corrected chi connectivity index (χ0v) is 18.1. The van der Waals surface area contributed by atoms with Crippen molar-refractivity contribution in [1.82, 2.24) is 9.88 Å². The van der Waals surface area contributed by atoms with Crippen LogP contribution in [0.4, 0.5) is 5.69 Å². The highest BCUT2D eigenvalue weighted by Crippen LogP contribution is 2.30. The lowest BCUT2D eigenvalue weighted by molar-refractivity contribution is -0.135. The second-order valence-corrected chi connectivity index (χ2v) is 8.39. The molecule has 5 nitrogen and oxygen atoms in total. The van der Waals surface area contributed by atoms with Crippen LogP contribution in [-0.2, 0) is 4.79 Å². The molecule has 5 heteroatoms. The number of rotatable bonds is 4. The standard InChI is InChI=1S/C24H31N3O2/c1-15(2)24(29)27-12-10-19(11-13-27)22-21(9-7-18(5)25-22)23(28)26-20-8-6-16(3)17(4)14-20/h6-9,14-15,19H,10-13H2,1-5H3,(H,26,28). The summed E-state index contributed by atoms with van der Waals surface area (Å²) in [5, 5.41) is 3.02. The van der Waals surface area contributed by atoms with Crippen LogP contribution in [0.1, 0.15) is 65.5 Å². The van der Waals surface area contributed by atoms with Gasteiger partial charge in [0.25, 0.3) is 5.91 Å². The van der Waals surface area contributed by atoms with Gasteiger partial charge in [0, 0.05) is 36.3 Å². The monoisotopic (exact) mass is 393 g/mol. The minimum absolute atomic E-state index is 0.0166. The number of hydrogen-bond donors (Lipinski definition) is 1. The smallest absolute Gasteiger partial charge is 0.257 e. The number of nitrogens with one attached hydrogen (secondary N) is 1. The lowest BCUT2D eigenvalue weighted by Gasteiger charge is -2.33. The molecule has 154 valence electrons. The van der Waals surface area contributed by atoms with Crippen molar-refractivity contribution in [1.29, 1.82) is 0 Å².